The molecular weight excluding hydrogens is 371 g/mol. The molecule has 2 aliphatic heterocycles. The Morgan fingerprint density at radius 1 is 1.21 bits per heavy atom. The van der Waals surface area contributed by atoms with E-state index >= 15 is 0 Å². The van der Waals surface area contributed by atoms with E-state index in [-0.39, 0.29) is 29.5 Å². The molecule has 0 spiro atoms. The highest BCUT2D eigenvalue weighted by Crippen LogP contribution is 2.32. The van der Waals surface area contributed by atoms with Crippen LogP contribution in [0.2, 0.25) is 0 Å². The molecule has 2 atom stereocenters. The quantitative estimate of drug-likeness (QED) is 0.853. The van der Waals surface area contributed by atoms with E-state index in [1.54, 1.807) is 12.1 Å². The van der Waals surface area contributed by atoms with Gasteiger partial charge in [0.05, 0.1) is 18.4 Å². The van der Waals surface area contributed by atoms with E-state index in [1.165, 1.54) is 12.1 Å². The molecule has 2 aromatic rings. The van der Waals surface area contributed by atoms with Crippen LogP contribution in [-0.4, -0.2) is 31.6 Å². The molecule has 0 saturated carbocycles. The minimum atomic E-state index is -0.361. The second kappa shape index (κ2) is 8.33. The maximum Gasteiger partial charge on any atom is 0.232 e. The number of anilines is 2. The van der Waals surface area contributed by atoms with Crippen LogP contribution in [0.15, 0.2) is 42.5 Å². The Hall–Kier alpha value is -2.73. The topological polar surface area (TPSA) is 58.6 Å². The zero-order valence-corrected chi connectivity index (χ0v) is 16.5. The number of fused-ring (bicyclic) bond motifs is 1. The normalized spacial score (nSPS) is 19.5. The van der Waals surface area contributed by atoms with Gasteiger partial charge < -0.3 is 15.0 Å². The van der Waals surface area contributed by atoms with Crippen LogP contribution in [0.5, 0.6) is 0 Å². The maximum absolute atomic E-state index is 13.0. The van der Waals surface area contributed by atoms with E-state index in [4.69, 9.17) is 4.74 Å². The van der Waals surface area contributed by atoms with E-state index in [1.807, 2.05) is 30.0 Å². The Bertz CT molecular complexity index is 907. The highest BCUT2D eigenvalue weighted by molar-refractivity contribution is 5.97. The molecule has 29 heavy (non-hydrogen) atoms. The Morgan fingerprint density at radius 3 is 2.72 bits per heavy atom. The molecule has 1 saturated heterocycles. The van der Waals surface area contributed by atoms with Crippen molar-refractivity contribution in [2.75, 3.05) is 30.0 Å². The van der Waals surface area contributed by atoms with Crippen molar-refractivity contribution < 1.29 is 18.7 Å². The first-order chi connectivity index (χ1) is 14.0. The summed E-state index contributed by atoms with van der Waals surface area (Å²) in [4.78, 5) is 27.4. The van der Waals surface area contributed by atoms with Gasteiger partial charge in [0.15, 0.2) is 0 Å². The fourth-order valence-electron chi connectivity index (χ4n) is 4.00. The fraction of sp³-hybridized carbons (Fsp3) is 0.391. The van der Waals surface area contributed by atoms with Crippen LogP contribution in [0.25, 0.3) is 0 Å². The number of halogens is 1. The Balaban J connectivity index is 1.50. The third-order valence-electron chi connectivity index (χ3n) is 5.77. The molecule has 0 aliphatic carbocycles. The van der Waals surface area contributed by atoms with E-state index in [9.17, 15) is 14.0 Å². The van der Waals surface area contributed by atoms with Gasteiger partial charge in [-0.1, -0.05) is 12.1 Å². The van der Waals surface area contributed by atoms with Crippen molar-refractivity contribution in [2.24, 2.45) is 5.92 Å². The Morgan fingerprint density at radius 2 is 2.00 bits per heavy atom. The molecule has 1 fully saturated rings. The highest BCUT2D eigenvalue weighted by Gasteiger charge is 2.31. The minimum Gasteiger partial charge on any atom is -0.381 e. The number of nitrogens with one attached hydrogen (secondary N) is 1. The van der Waals surface area contributed by atoms with Crippen LogP contribution >= 0.6 is 0 Å². The summed E-state index contributed by atoms with van der Waals surface area (Å²) in [6.07, 6.45) is 2.58. The largest absolute Gasteiger partial charge is 0.381 e. The van der Waals surface area contributed by atoms with Gasteiger partial charge in [0, 0.05) is 24.5 Å². The lowest BCUT2D eigenvalue weighted by Crippen LogP contribution is -2.40. The van der Waals surface area contributed by atoms with Gasteiger partial charge in [-0.3, -0.25) is 9.59 Å². The predicted octanol–water partition coefficient (Wildman–Crippen LogP) is 3.88. The number of nitrogens with zero attached hydrogens (tertiary/aromatic N) is 1. The molecule has 0 aromatic heterocycles. The average molecular weight is 396 g/mol. The molecule has 5 nitrogen and oxygen atoms in total. The SMILES string of the molecule is CC(C(=O)Nc1ccc(F)cc1)c1ccc2c(c1)CCCN2C(=O)[C@@H]1CCOC1. The second-order valence-electron chi connectivity index (χ2n) is 7.76. The molecule has 2 heterocycles. The predicted molar refractivity (Wildman–Crippen MR) is 109 cm³/mol. The number of hydrogen-bond acceptors (Lipinski definition) is 3. The summed E-state index contributed by atoms with van der Waals surface area (Å²) in [6, 6.07) is 11.6. The number of amides is 2. The van der Waals surface area contributed by atoms with Crippen molar-refractivity contribution in [1.29, 1.82) is 0 Å². The first kappa shape index (κ1) is 19.6. The number of aryl methyl sites for hydroxylation is 1. The number of hydrogen-bond donors (Lipinski definition) is 1. The van der Waals surface area contributed by atoms with Crippen molar-refractivity contribution in [3.8, 4) is 0 Å². The molecular formula is C23H25FN2O3. The molecule has 6 heteroatoms. The van der Waals surface area contributed by atoms with Gasteiger partial charge in [0.25, 0.3) is 0 Å². The summed E-state index contributed by atoms with van der Waals surface area (Å²) >= 11 is 0. The number of rotatable bonds is 4. The van der Waals surface area contributed by atoms with E-state index in [2.05, 4.69) is 5.32 Å². The molecule has 1 unspecified atom stereocenters. The van der Waals surface area contributed by atoms with Crippen molar-refractivity contribution >= 4 is 23.2 Å². The smallest absolute Gasteiger partial charge is 0.232 e. The van der Waals surface area contributed by atoms with Crippen LogP contribution in [0.1, 0.15) is 36.8 Å². The van der Waals surface area contributed by atoms with Crippen molar-refractivity contribution in [2.45, 2.75) is 32.1 Å². The molecule has 1 N–H and O–H groups in total. The number of carbonyl (C=O) groups is 2. The fourth-order valence-corrected chi connectivity index (χ4v) is 4.00. The molecule has 4 rings (SSSR count). The number of benzene rings is 2. The van der Waals surface area contributed by atoms with Crippen LogP contribution in [0, 0.1) is 11.7 Å². The van der Waals surface area contributed by atoms with Crippen molar-refractivity contribution in [3.63, 3.8) is 0 Å². The summed E-state index contributed by atoms with van der Waals surface area (Å²) < 4.78 is 18.4. The minimum absolute atomic E-state index is 0.0546. The van der Waals surface area contributed by atoms with Crippen LogP contribution in [0.3, 0.4) is 0 Å². The standard InChI is InChI=1S/C23H25FN2O3/c1-15(22(27)25-20-7-5-19(24)6-8-20)16-4-9-21-17(13-16)3-2-11-26(21)23(28)18-10-12-29-14-18/h4-9,13,15,18H,2-3,10-12,14H2,1H3,(H,25,27)/t15?,18-/m1/s1. The summed E-state index contributed by atoms with van der Waals surface area (Å²) in [5, 5.41) is 2.83. The third-order valence-corrected chi connectivity index (χ3v) is 5.77. The summed E-state index contributed by atoms with van der Waals surface area (Å²) in [5.74, 6) is -0.767. The maximum atomic E-state index is 13.0. The summed E-state index contributed by atoms with van der Waals surface area (Å²) in [7, 11) is 0. The van der Waals surface area contributed by atoms with Crippen LogP contribution < -0.4 is 10.2 Å². The lowest BCUT2D eigenvalue weighted by atomic mass is 9.92. The zero-order valence-electron chi connectivity index (χ0n) is 16.5. The lowest BCUT2D eigenvalue weighted by Gasteiger charge is -2.32. The monoisotopic (exact) mass is 396 g/mol. The van der Waals surface area contributed by atoms with Gasteiger partial charge >= 0.3 is 0 Å². The summed E-state index contributed by atoms with van der Waals surface area (Å²) in [6.45, 7) is 3.73. The molecule has 0 bridgehead atoms. The van der Waals surface area contributed by atoms with E-state index in [0.717, 1.165) is 42.6 Å². The van der Waals surface area contributed by atoms with E-state index < -0.39 is 0 Å². The zero-order chi connectivity index (χ0) is 20.4. The van der Waals surface area contributed by atoms with Gasteiger partial charge in [0.1, 0.15) is 5.82 Å². The van der Waals surface area contributed by atoms with Gasteiger partial charge in [-0.25, -0.2) is 4.39 Å². The van der Waals surface area contributed by atoms with Crippen LogP contribution in [0.4, 0.5) is 15.8 Å². The Kier molecular flexibility index (Phi) is 5.62. The third kappa shape index (κ3) is 4.17. The summed E-state index contributed by atoms with van der Waals surface area (Å²) in [5.41, 5.74) is 3.52. The van der Waals surface area contributed by atoms with Crippen molar-refractivity contribution in [1.82, 2.24) is 0 Å². The molecule has 0 radical (unpaired) electrons. The van der Waals surface area contributed by atoms with Crippen LogP contribution in [-0.2, 0) is 20.7 Å². The molecule has 2 aliphatic rings. The van der Waals surface area contributed by atoms with Gasteiger partial charge in [0.2, 0.25) is 11.8 Å². The van der Waals surface area contributed by atoms with Gasteiger partial charge in [-0.2, -0.15) is 0 Å². The second-order valence-corrected chi connectivity index (χ2v) is 7.76. The lowest BCUT2D eigenvalue weighted by molar-refractivity contribution is -0.122. The number of carbonyl (C=O) groups excluding carboxylic acids is 2. The average Bonchev–Trinajstić information content (AvgIpc) is 3.28. The van der Waals surface area contributed by atoms with E-state index in [0.29, 0.717) is 18.9 Å². The first-order valence-electron chi connectivity index (χ1n) is 10.1. The first-order valence-corrected chi connectivity index (χ1v) is 10.1. The highest BCUT2D eigenvalue weighted by atomic mass is 19.1. The van der Waals surface area contributed by atoms with Gasteiger partial charge in [-0.05, 0) is 67.6 Å². The number of ether oxygens (including phenoxy) is 1. The molecule has 152 valence electrons. The molecule has 2 aromatic carbocycles. The van der Waals surface area contributed by atoms with Crippen molar-refractivity contribution in [3.05, 3.63) is 59.4 Å². The van der Waals surface area contributed by atoms with Gasteiger partial charge in [-0.15, -0.1) is 0 Å². The Labute approximate surface area is 169 Å². The molecule has 2 amide bonds.